The lowest BCUT2D eigenvalue weighted by atomic mass is 9.92. The molecule has 1 saturated carbocycles. The Morgan fingerprint density at radius 1 is 1.48 bits per heavy atom. The number of carbonyl (C=O) groups excluding carboxylic acids is 2. The quantitative estimate of drug-likeness (QED) is 0.627. The van der Waals surface area contributed by atoms with Gasteiger partial charge in [-0.1, -0.05) is 6.07 Å². The average Bonchev–Trinajstić information content (AvgIpc) is 2.50. The van der Waals surface area contributed by atoms with Crippen LogP contribution < -0.4 is 11.3 Å². The smallest absolute Gasteiger partial charge is 0.264 e. The van der Waals surface area contributed by atoms with Gasteiger partial charge in [-0.2, -0.15) is 0 Å². The van der Waals surface area contributed by atoms with Crippen molar-refractivity contribution in [2.24, 2.45) is 0 Å². The number of aromatic nitrogens is 2. The third-order valence-electron chi connectivity index (χ3n) is 3.36. The first kappa shape index (κ1) is 9.44. The summed E-state index contributed by atoms with van der Waals surface area (Å²) >= 11 is 0. The van der Waals surface area contributed by atoms with Crippen LogP contribution in [0.4, 0.5) is 5.69 Å². The van der Waals surface area contributed by atoms with Gasteiger partial charge >= 0.3 is 0 Å². The van der Waals surface area contributed by atoms with Gasteiger partial charge in [0, 0.05) is 13.5 Å². The summed E-state index contributed by atoms with van der Waals surface area (Å²) in [5.74, 6) is -1.34. The summed E-state index contributed by atoms with van der Waals surface area (Å²) < 4.78 is 32.9. The highest BCUT2D eigenvalue weighted by Gasteiger charge is 2.30. The molecule has 3 rings (SSSR count). The molecule has 1 aliphatic rings. The molecule has 0 amide bonds. The van der Waals surface area contributed by atoms with Gasteiger partial charge in [-0.25, -0.2) is 4.98 Å². The van der Waals surface area contributed by atoms with Crippen LogP contribution >= 0.6 is 0 Å². The van der Waals surface area contributed by atoms with E-state index < -0.39 is 36.0 Å². The average molecular weight is 289 g/mol. The lowest BCUT2D eigenvalue weighted by Crippen LogP contribution is -2.36. The SMILES string of the molecule is [2H]c1cc([2H])c2nc(C)n(C3([2H])C(=O)CC(=O)CC3[2H])c(=O)c2c1N. The van der Waals surface area contributed by atoms with Crippen molar-refractivity contribution in [2.75, 3.05) is 5.73 Å². The van der Waals surface area contributed by atoms with E-state index in [0.29, 0.717) is 0 Å². The van der Waals surface area contributed by atoms with Gasteiger partial charge in [0.2, 0.25) is 0 Å². The van der Waals surface area contributed by atoms with E-state index in [1.807, 2.05) is 0 Å². The number of ketones is 2. The fraction of sp³-hybridized carbons (Fsp3) is 0.333. The number of aryl methyl sites for hydroxylation is 1. The first-order valence-electron chi connectivity index (χ1n) is 8.43. The Balaban J connectivity index is 2.42. The molecule has 6 heteroatoms. The van der Waals surface area contributed by atoms with Crippen molar-refractivity contribution in [1.29, 1.82) is 0 Å². The highest BCUT2D eigenvalue weighted by atomic mass is 16.2. The monoisotopic (exact) mass is 289 g/mol. The Labute approximate surface area is 126 Å². The minimum absolute atomic E-state index is 0.0296. The molecule has 2 aromatic rings. The molecule has 1 fully saturated rings. The molecule has 0 bridgehead atoms. The molecule has 2 unspecified atom stereocenters. The van der Waals surface area contributed by atoms with Crippen molar-refractivity contribution in [3.8, 4) is 0 Å². The molecule has 0 aliphatic heterocycles. The minimum atomic E-state index is -2.30. The van der Waals surface area contributed by atoms with Crippen molar-refractivity contribution < 1.29 is 15.1 Å². The summed E-state index contributed by atoms with van der Waals surface area (Å²) in [6, 6.07) is -1.56. The maximum atomic E-state index is 13.0. The Morgan fingerprint density at radius 3 is 2.95 bits per heavy atom. The summed E-state index contributed by atoms with van der Waals surface area (Å²) in [4.78, 5) is 41.0. The van der Waals surface area contributed by atoms with Gasteiger partial charge in [0.05, 0.1) is 27.5 Å². The first-order valence-corrected chi connectivity index (χ1v) is 6.35. The Kier molecular flexibility index (Phi) is 2.16. The van der Waals surface area contributed by atoms with E-state index in [0.717, 1.165) is 10.6 Å². The van der Waals surface area contributed by atoms with Gasteiger partial charge in [0.25, 0.3) is 5.56 Å². The standard InChI is InChI=1S/C15H15N3O3/c1-8-17-11-4-2-3-10(16)14(11)15(21)18(8)12-6-5-9(19)7-13(12)20/h2-4,12H,5-7,16H2,1H3/i3D,4D,6D,12D. The number of rotatable bonds is 1. The van der Waals surface area contributed by atoms with Crippen molar-refractivity contribution >= 4 is 28.2 Å². The molecule has 2 N–H and O–H groups in total. The Bertz CT molecular complexity index is 1000. The van der Waals surface area contributed by atoms with E-state index >= 15 is 0 Å². The van der Waals surface area contributed by atoms with E-state index in [1.54, 1.807) is 0 Å². The number of carbonyl (C=O) groups is 2. The van der Waals surface area contributed by atoms with E-state index in [2.05, 4.69) is 4.98 Å². The van der Waals surface area contributed by atoms with Crippen molar-refractivity contribution in [2.45, 2.75) is 32.2 Å². The second-order valence-corrected chi connectivity index (χ2v) is 4.80. The molecule has 6 nitrogen and oxygen atoms in total. The topological polar surface area (TPSA) is 95.0 Å². The molecule has 0 saturated heterocycles. The summed E-state index contributed by atoms with van der Waals surface area (Å²) in [5, 5.41) is -0.230. The van der Waals surface area contributed by atoms with Crippen LogP contribution in [-0.4, -0.2) is 21.1 Å². The summed E-state index contributed by atoms with van der Waals surface area (Å²) in [5.41, 5.74) is 4.70. The maximum Gasteiger partial charge on any atom is 0.264 e. The van der Waals surface area contributed by atoms with Gasteiger partial charge in [0.1, 0.15) is 11.6 Å². The highest BCUT2D eigenvalue weighted by Crippen LogP contribution is 2.24. The summed E-state index contributed by atoms with van der Waals surface area (Å²) in [6.45, 7) is 1.39. The number of fused-ring (bicyclic) bond motifs is 1. The fourth-order valence-electron chi connectivity index (χ4n) is 2.40. The molecule has 1 heterocycles. The van der Waals surface area contributed by atoms with E-state index in [1.165, 1.54) is 6.92 Å². The number of nitrogen functional groups attached to an aromatic ring is 1. The number of anilines is 1. The van der Waals surface area contributed by atoms with E-state index in [9.17, 15) is 14.4 Å². The van der Waals surface area contributed by atoms with Crippen LogP contribution in [0.25, 0.3) is 10.9 Å². The molecule has 0 spiro atoms. The van der Waals surface area contributed by atoms with Crippen molar-refractivity contribution in [3.63, 3.8) is 0 Å². The predicted molar refractivity (Wildman–Crippen MR) is 78.1 cm³/mol. The first-order chi connectivity index (χ1) is 11.6. The maximum absolute atomic E-state index is 13.0. The largest absolute Gasteiger partial charge is 0.398 e. The van der Waals surface area contributed by atoms with Crippen LogP contribution in [0.3, 0.4) is 0 Å². The fourth-order valence-corrected chi connectivity index (χ4v) is 2.40. The number of Topliss-reactive ketones (excluding diaryl/α,β-unsaturated/α-hetero) is 2. The van der Waals surface area contributed by atoms with Gasteiger partial charge < -0.3 is 5.73 Å². The Morgan fingerprint density at radius 2 is 2.24 bits per heavy atom. The molecule has 1 aromatic heterocycles. The van der Waals surface area contributed by atoms with Gasteiger partial charge in [0.15, 0.2) is 5.78 Å². The summed E-state index contributed by atoms with van der Waals surface area (Å²) in [6.07, 6.45) is -2.31. The molecule has 2 atom stereocenters. The zero-order chi connectivity index (χ0) is 18.7. The molecule has 0 radical (unpaired) electrons. The second kappa shape index (κ2) is 4.80. The zero-order valence-electron chi connectivity index (χ0n) is 15.3. The second-order valence-electron chi connectivity index (χ2n) is 4.80. The van der Waals surface area contributed by atoms with Crippen LogP contribution in [-0.2, 0) is 9.59 Å². The predicted octanol–water partition coefficient (Wildman–Crippen LogP) is 1.15. The third-order valence-corrected chi connectivity index (χ3v) is 3.36. The van der Waals surface area contributed by atoms with Crippen LogP contribution in [0.1, 0.15) is 36.6 Å². The number of hydrogen-bond donors (Lipinski definition) is 1. The normalized spacial score (nSPS) is 28.9. The molecule has 108 valence electrons. The molecule has 1 aliphatic carbocycles. The number of nitrogens with zero attached hydrogens (tertiary/aromatic N) is 2. The third kappa shape index (κ3) is 2.12. The lowest BCUT2D eigenvalue weighted by Gasteiger charge is -2.24. The molecular weight excluding hydrogens is 270 g/mol. The van der Waals surface area contributed by atoms with Crippen LogP contribution in [0, 0.1) is 6.92 Å². The lowest BCUT2D eigenvalue weighted by molar-refractivity contribution is -0.132. The van der Waals surface area contributed by atoms with Crippen LogP contribution in [0.15, 0.2) is 22.9 Å². The van der Waals surface area contributed by atoms with Crippen molar-refractivity contribution in [1.82, 2.24) is 9.55 Å². The van der Waals surface area contributed by atoms with Crippen LogP contribution in [0.2, 0.25) is 0 Å². The van der Waals surface area contributed by atoms with Crippen LogP contribution in [0.5, 0.6) is 0 Å². The number of nitrogens with two attached hydrogens (primary N) is 1. The van der Waals surface area contributed by atoms with Gasteiger partial charge in [-0.3, -0.25) is 19.0 Å². The van der Waals surface area contributed by atoms with E-state index in [-0.39, 0.29) is 40.9 Å². The molecule has 21 heavy (non-hydrogen) atoms. The highest BCUT2D eigenvalue weighted by molar-refractivity contribution is 6.03. The van der Waals surface area contributed by atoms with Gasteiger partial charge in [-0.05, 0) is 25.4 Å². The molecular formula is C15H15N3O3. The number of hydrogen-bond acceptors (Lipinski definition) is 5. The number of benzene rings is 1. The Hall–Kier alpha value is -2.50. The minimum Gasteiger partial charge on any atom is -0.398 e. The zero-order valence-corrected chi connectivity index (χ0v) is 11.3. The van der Waals surface area contributed by atoms with E-state index in [4.69, 9.17) is 11.2 Å². The molecule has 1 aromatic carbocycles. The summed E-state index contributed by atoms with van der Waals surface area (Å²) in [7, 11) is 0. The van der Waals surface area contributed by atoms with Crippen molar-refractivity contribution in [3.05, 3.63) is 34.3 Å². The van der Waals surface area contributed by atoms with Gasteiger partial charge in [-0.15, -0.1) is 0 Å².